The molecule has 0 bridgehead atoms. The Hall–Kier alpha value is -2.57. The lowest BCUT2D eigenvalue weighted by molar-refractivity contribution is 0.626. The van der Waals surface area contributed by atoms with Gasteiger partial charge in [0.2, 0.25) is 0 Å². The van der Waals surface area contributed by atoms with Crippen molar-refractivity contribution in [1.29, 1.82) is 0 Å². The van der Waals surface area contributed by atoms with Crippen molar-refractivity contribution in [3.8, 4) is 0 Å². The van der Waals surface area contributed by atoms with Crippen molar-refractivity contribution in [1.82, 2.24) is 15.2 Å². The van der Waals surface area contributed by atoms with Gasteiger partial charge in [0.05, 0.1) is 12.4 Å². The molecule has 0 fully saturated rings. The van der Waals surface area contributed by atoms with Crippen molar-refractivity contribution < 1.29 is 4.39 Å². The molecule has 1 aromatic heterocycles. The Morgan fingerprint density at radius 2 is 2.24 bits per heavy atom. The van der Waals surface area contributed by atoms with Gasteiger partial charge in [-0.1, -0.05) is 18.2 Å². The molecule has 0 saturated carbocycles. The van der Waals surface area contributed by atoms with E-state index in [1.54, 1.807) is 18.2 Å². The second-order valence-corrected chi connectivity index (χ2v) is 3.06. The first-order valence-electron chi connectivity index (χ1n) is 4.71. The van der Waals surface area contributed by atoms with Crippen molar-refractivity contribution in [2.45, 2.75) is 0 Å². The molecule has 0 aliphatic heterocycles. The quantitative estimate of drug-likeness (QED) is 0.605. The van der Waals surface area contributed by atoms with E-state index in [9.17, 15) is 9.18 Å². The van der Waals surface area contributed by atoms with Gasteiger partial charge in [-0.3, -0.25) is 5.43 Å². The molecule has 1 aromatic carbocycles. The number of rotatable bonds is 3. The molecule has 7 heteroatoms. The summed E-state index contributed by atoms with van der Waals surface area (Å²) in [6, 6.07) is 6.18. The lowest BCUT2D eigenvalue weighted by atomic mass is 10.2. The van der Waals surface area contributed by atoms with E-state index in [1.165, 1.54) is 18.5 Å². The summed E-state index contributed by atoms with van der Waals surface area (Å²) in [6.07, 6.45) is 2.58. The van der Waals surface area contributed by atoms with Gasteiger partial charge in [-0.25, -0.2) is 14.3 Å². The van der Waals surface area contributed by atoms with Crippen molar-refractivity contribution in [3.63, 3.8) is 0 Å². The molecule has 0 unspecified atom stereocenters. The Labute approximate surface area is 95.2 Å². The van der Waals surface area contributed by atoms with Gasteiger partial charge >= 0.3 is 5.69 Å². The molecule has 0 radical (unpaired) electrons. The number of halogens is 1. The highest BCUT2D eigenvalue weighted by Crippen LogP contribution is 2.03. The van der Waals surface area contributed by atoms with E-state index in [1.807, 2.05) is 0 Å². The Kier molecular flexibility index (Phi) is 3.20. The molecule has 6 nitrogen and oxygen atoms in total. The summed E-state index contributed by atoms with van der Waals surface area (Å²) in [6.45, 7) is 0. The third kappa shape index (κ3) is 2.94. The van der Waals surface area contributed by atoms with Crippen LogP contribution < -0.4 is 11.1 Å². The molecule has 2 N–H and O–H groups in total. The summed E-state index contributed by atoms with van der Waals surface area (Å²) in [4.78, 5) is 14.3. The highest BCUT2D eigenvalue weighted by molar-refractivity contribution is 5.80. The SMILES string of the molecule is O=c1nc(N/N=C\c2ccccc2F)cn[nH]1. The van der Waals surface area contributed by atoms with Crippen LogP contribution in [0.1, 0.15) is 5.56 Å². The molecule has 0 amide bonds. The smallest absolute Gasteiger partial charge is 0.260 e. The van der Waals surface area contributed by atoms with Crippen molar-refractivity contribution in [3.05, 3.63) is 52.3 Å². The first kappa shape index (κ1) is 10.9. The maximum absolute atomic E-state index is 13.2. The van der Waals surface area contributed by atoms with E-state index in [4.69, 9.17) is 0 Å². The number of H-pyrrole nitrogens is 1. The molecule has 0 saturated heterocycles. The summed E-state index contributed by atoms with van der Waals surface area (Å²) >= 11 is 0. The number of nitrogens with zero attached hydrogens (tertiary/aromatic N) is 3. The predicted molar refractivity (Wildman–Crippen MR) is 60.3 cm³/mol. The zero-order valence-electron chi connectivity index (χ0n) is 8.59. The number of nitrogens with one attached hydrogen (secondary N) is 2. The number of aromatic nitrogens is 3. The largest absolute Gasteiger partial charge is 0.363 e. The molecule has 17 heavy (non-hydrogen) atoms. The lowest BCUT2D eigenvalue weighted by Gasteiger charge is -1.97. The van der Waals surface area contributed by atoms with Gasteiger partial charge in [-0.2, -0.15) is 15.2 Å². The maximum Gasteiger partial charge on any atom is 0.363 e. The molecule has 0 aliphatic carbocycles. The molecule has 0 aliphatic rings. The van der Waals surface area contributed by atoms with Crippen LogP contribution in [0.4, 0.5) is 10.2 Å². The number of anilines is 1. The van der Waals surface area contributed by atoms with Crippen LogP contribution in [0.3, 0.4) is 0 Å². The van der Waals surface area contributed by atoms with Crippen LogP contribution in [-0.4, -0.2) is 21.4 Å². The van der Waals surface area contributed by atoms with Crippen LogP contribution in [-0.2, 0) is 0 Å². The van der Waals surface area contributed by atoms with Crippen LogP contribution in [0.5, 0.6) is 0 Å². The Morgan fingerprint density at radius 1 is 1.41 bits per heavy atom. The van der Waals surface area contributed by atoms with E-state index in [0.717, 1.165) is 0 Å². The van der Waals surface area contributed by atoms with Gasteiger partial charge < -0.3 is 0 Å². The fourth-order valence-corrected chi connectivity index (χ4v) is 1.11. The summed E-state index contributed by atoms with van der Waals surface area (Å²) in [5.74, 6) is -0.198. The fraction of sp³-hybridized carbons (Fsp3) is 0. The Balaban J connectivity index is 2.08. The molecular weight excluding hydrogens is 225 g/mol. The number of aromatic amines is 1. The second kappa shape index (κ2) is 4.97. The summed E-state index contributed by atoms with van der Waals surface area (Å²) in [5, 5.41) is 9.38. The van der Waals surface area contributed by atoms with Crippen LogP contribution in [0, 0.1) is 5.82 Å². The van der Waals surface area contributed by atoms with E-state index in [0.29, 0.717) is 5.56 Å². The minimum Gasteiger partial charge on any atom is -0.260 e. The number of hydrazone groups is 1. The minimum atomic E-state index is -0.587. The molecule has 0 atom stereocenters. The average Bonchev–Trinajstić information content (AvgIpc) is 2.32. The summed E-state index contributed by atoms with van der Waals surface area (Å²) in [5.41, 5.74) is 2.21. The Bertz CT molecular complexity index is 595. The molecule has 0 spiro atoms. The fourth-order valence-electron chi connectivity index (χ4n) is 1.11. The predicted octanol–water partition coefficient (Wildman–Crippen LogP) is 0.750. The molecule has 86 valence electrons. The first-order chi connectivity index (χ1) is 8.25. The van der Waals surface area contributed by atoms with Crippen molar-refractivity contribution in [2.24, 2.45) is 5.10 Å². The minimum absolute atomic E-state index is 0.182. The molecule has 2 rings (SSSR count). The van der Waals surface area contributed by atoms with E-state index in [-0.39, 0.29) is 11.6 Å². The van der Waals surface area contributed by atoms with Gasteiger partial charge in [0.15, 0.2) is 5.82 Å². The van der Waals surface area contributed by atoms with E-state index < -0.39 is 5.69 Å². The van der Waals surface area contributed by atoms with Gasteiger partial charge in [0.25, 0.3) is 0 Å². The average molecular weight is 233 g/mol. The van der Waals surface area contributed by atoms with Crippen LogP contribution in [0.15, 0.2) is 40.4 Å². The van der Waals surface area contributed by atoms with Crippen LogP contribution in [0.2, 0.25) is 0 Å². The number of hydrogen-bond donors (Lipinski definition) is 2. The van der Waals surface area contributed by atoms with Gasteiger partial charge in [-0.05, 0) is 6.07 Å². The normalized spacial score (nSPS) is 10.6. The van der Waals surface area contributed by atoms with Gasteiger partial charge in [0, 0.05) is 5.56 Å². The monoisotopic (exact) mass is 233 g/mol. The number of hydrogen-bond acceptors (Lipinski definition) is 5. The van der Waals surface area contributed by atoms with E-state index >= 15 is 0 Å². The van der Waals surface area contributed by atoms with Crippen molar-refractivity contribution in [2.75, 3.05) is 5.43 Å². The maximum atomic E-state index is 13.2. The Morgan fingerprint density at radius 3 is 3.00 bits per heavy atom. The highest BCUT2D eigenvalue weighted by Gasteiger charge is 1.96. The zero-order valence-corrected chi connectivity index (χ0v) is 8.59. The molecular formula is C10H8FN5O. The lowest BCUT2D eigenvalue weighted by Crippen LogP contribution is -2.13. The second-order valence-electron chi connectivity index (χ2n) is 3.06. The van der Waals surface area contributed by atoms with Crippen LogP contribution in [0.25, 0.3) is 0 Å². The zero-order chi connectivity index (χ0) is 12.1. The molecule has 1 heterocycles. The standard InChI is InChI=1S/C10H8FN5O/c11-8-4-2-1-3-7(8)5-12-15-9-6-13-16-10(17)14-9/h1-6H,(H2,14,15,16,17)/b12-5-. The van der Waals surface area contributed by atoms with E-state index in [2.05, 4.69) is 25.7 Å². The van der Waals surface area contributed by atoms with Crippen molar-refractivity contribution >= 4 is 12.0 Å². The van der Waals surface area contributed by atoms with Gasteiger partial charge in [0.1, 0.15) is 5.82 Å². The highest BCUT2D eigenvalue weighted by atomic mass is 19.1. The van der Waals surface area contributed by atoms with Crippen LogP contribution >= 0.6 is 0 Å². The van der Waals surface area contributed by atoms with Gasteiger partial charge in [-0.15, -0.1) is 0 Å². The summed E-state index contributed by atoms with van der Waals surface area (Å²) in [7, 11) is 0. The number of benzene rings is 1. The third-order valence-corrected chi connectivity index (χ3v) is 1.86. The molecule has 2 aromatic rings. The summed E-state index contributed by atoms with van der Waals surface area (Å²) < 4.78 is 13.2. The third-order valence-electron chi connectivity index (χ3n) is 1.86. The topological polar surface area (TPSA) is 83.0 Å². The first-order valence-corrected chi connectivity index (χ1v) is 4.71.